The zero-order valence-corrected chi connectivity index (χ0v) is 70.8. The molecule has 0 aliphatic heterocycles. The lowest BCUT2D eigenvalue weighted by atomic mass is 9.99. The van der Waals surface area contributed by atoms with Crippen LogP contribution in [0.5, 0.6) is 0 Å². The highest BCUT2D eigenvalue weighted by Gasteiger charge is 2.28. The molecule has 15 aromatic heterocycles. The van der Waals surface area contributed by atoms with Crippen LogP contribution in [0.3, 0.4) is 0 Å². The molecular formula is C110H85N10O5+5. The van der Waals surface area contributed by atoms with Gasteiger partial charge in [-0.2, -0.15) is 0 Å². The summed E-state index contributed by atoms with van der Waals surface area (Å²) in [6.45, 7) is 10.5. The Morgan fingerprint density at radius 1 is 0.224 bits per heavy atom. The second-order valence-electron chi connectivity index (χ2n) is 32.2. The minimum atomic E-state index is 0.694. The fourth-order valence-corrected chi connectivity index (χ4v) is 18.4. The monoisotopic (exact) mass is 1630 g/mol. The van der Waals surface area contributed by atoms with Gasteiger partial charge in [-0.05, 0) is 151 Å². The largest absolute Gasteiger partial charge is 0.455 e. The molecule has 0 atom stereocenters. The Hall–Kier alpha value is -16.0. The van der Waals surface area contributed by atoms with Crippen LogP contribution in [-0.2, 0) is 35.2 Å². The van der Waals surface area contributed by atoms with E-state index in [1.54, 1.807) is 0 Å². The number of pyridine rings is 10. The summed E-state index contributed by atoms with van der Waals surface area (Å²) in [6, 6.07) is 93.9. The Bertz CT molecular complexity index is 7500. The number of benzene rings is 10. The first kappa shape index (κ1) is 76.4. The highest BCUT2D eigenvalue weighted by atomic mass is 16.3. The third kappa shape index (κ3) is 13.1. The van der Waals surface area contributed by atoms with Gasteiger partial charge in [-0.25, -0.2) is 27.8 Å². The number of furan rings is 5. The van der Waals surface area contributed by atoms with Crippen molar-refractivity contribution in [3.63, 3.8) is 0 Å². The van der Waals surface area contributed by atoms with Crippen molar-refractivity contribution in [2.45, 2.75) is 34.6 Å². The molecule has 15 heteroatoms. The van der Waals surface area contributed by atoms with Crippen LogP contribution in [0, 0.1) is 34.6 Å². The van der Waals surface area contributed by atoms with Gasteiger partial charge in [-0.1, -0.05) is 146 Å². The Morgan fingerprint density at radius 3 is 1.14 bits per heavy atom. The van der Waals surface area contributed by atoms with E-state index >= 15 is 0 Å². The summed E-state index contributed by atoms with van der Waals surface area (Å²) < 4.78 is 42.2. The van der Waals surface area contributed by atoms with Gasteiger partial charge in [0.25, 0.3) is 0 Å². The molecule has 0 fully saturated rings. The van der Waals surface area contributed by atoms with Gasteiger partial charge in [0, 0.05) is 139 Å². The van der Waals surface area contributed by atoms with Gasteiger partial charge in [0.1, 0.15) is 74.2 Å². The first-order valence-electron chi connectivity index (χ1n) is 41.9. The molecule has 0 aliphatic rings. The predicted octanol–water partition coefficient (Wildman–Crippen LogP) is 24.7. The van der Waals surface area contributed by atoms with Crippen LogP contribution in [0.25, 0.3) is 220 Å². The van der Waals surface area contributed by atoms with Crippen molar-refractivity contribution in [2.24, 2.45) is 35.2 Å². The summed E-state index contributed by atoms with van der Waals surface area (Å²) >= 11 is 0. The number of hydrogen-bond donors (Lipinski definition) is 0. The normalized spacial score (nSPS) is 11.6. The second-order valence-corrected chi connectivity index (χ2v) is 32.2. The number of aromatic nitrogens is 10. The van der Waals surface area contributed by atoms with E-state index in [0.717, 1.165) is 199 Å². The highest BCUT2D eigenvalue weighted by molar-refractivity contribution is 6.24. The van der Waals surface area contributed by atoms with Gasteiger partial charge in [0.05, 0.1) is 56.0 Å². The maximum Gasteiger partial charge on any atom is 0.227 e. The Morgan fingerprint density at radius 2 is 0.608 bits per heavy atom. The third-order valence-electron chi connectivity index (χ3n) is 24.5. The number of aryl methyl sites for hydroxylation is 10. The van der Waals surface area contributed by atoms with Crippen molar-refractivity contribution >= 4 is 164 Å². The standard InChI is InChI=1S/5C22H17N2O/c1-14-8-9-16-21-15-6-5-12-23-17(15)10-11-19(21)25-22(16)20(14)18-7-3-4-13-24(18)2;1-14-20(18-9-5-6-12-24(18)2)22-17(13-23-14)21-16-8-4-3-7-15(16)10-11-19(21)25-22;1-14-13-23-21-20-16-8-4-3-7-15(16)10-11-18(20)25-22(21)19(14)17-9-5-6-12-24(17)2;1-14-10-11-16-21-15-7-3-4-8-17(15)23-13-19(21)25-22(16)20(14)18-9-5-6-12-24(18)2;1-14-10-11-17-20-16-8-4-3-7-15(16)13-23-22(20)25-21(17)19(14)18-9-5-6-12-24(18)2/h5*3-13H,1-2H3/q5*+1. The van der Waals surface area contributed by atoms with E-state index in [2.05, 4.69) is 318 Å². The van der Waals surface area contributed by atoms with E-state index in [0.29, 0.717) is 5.71 Å². The van der Waals surface area contributed by atoms with E-state index in [1.807, 2.05) is 130 Å². The molecule has 125 heavy (non-hydrogen) atoms. The predicted molar refractivity (Wildman–Crippen MR) is 502 cm³/mol. The molecule has 15 nitrogen and oxygen atoms in total. The molecule has 0 bridgehead atoms. The van der Waals surface area contributed by atoms with Gasteiger partial charge < -0.3 is 22.1 Å². The third-order valence-corrected chi connectivity index (χ3v) is 24.5. The van der Waals surface area contributed by atoms with E-state index in [4.69, 9.17) is 27.1 Å². The minimum absolute atomic E-state index is 0.694. The SMILES string of the molecule is Cc1ccc2c(oc3ccc4ncccc4c32)c1-c1cccc[n+]1C.Cc1ccc2c(oc3cnc4ccccc4c32)c1-c1cccc[n+]1C.Cc1ccc2c(oc3ncc4ccccc4c32)c1-c1cccc[n+]1C.Cc1cnc2c(oc3ccc4ccccc4c32)c1-c1cccc[n+]1C.Cc1ncc2c(oc3ccc4ccccc4c32)c1-c1cccc[n+]1C. The van der Waals surface area contributed by atoms with E-state index in [-0.39, 0.29) is 0 Å². The first-order chi connectivity index (χ1) is 61.2. The minimum Gasteiger partial charge on any atom is -0.455 e. The van der Waals surface area contributed by atoms with E-state index in [1.165, 1.54) is 43.6 Å². The lowest BCUT2D eigenvalue weighted by molar-refractivity contribution is -0.660. The number of hydrogen-bond acceptors (Lipinski definition) is 10. The van der Waals surface area contributed by atoms with Crippen LogP contribution >= 0.6 is 0 Å². The van der Waals surface area contributed by atoms with E-state index < -0.39 is 0 Å². The molecule has 25 aromatic rings. The summed E-state index contributed by atoms with van der Waals surface area (Å²) in [5, 5.41) is 19.4. The van der Waals surface area contributed by atoms with Gasteiger partial charge >= 0.3 is 0 Å². The van der Waals surface area contributed by atoms with Gasteiger partial charge in [0.2, 0.25) is 34.2 Å². The van der Waals surface area contributed by atoms with Crippen LogP contribution in [0.15, 0.2) is 357 Å². The van der Waals surface area contributed by atoms with Crippen LogP contribution in [-0.4, -0.2) is 24.9 Å². The van der Waals surface area contributed by atoms with Gasteiger partial charge in [0.15, 0.2) is 53.3 Å². The van der Waals surface area contributed by atoms with Crippen LogP contribution in [0.1, 0.15) is 27.9 Å². The molecule has 0 radical (unpaired) electrons. The summed E-state index contributed by atoms with van der Waals surface area (Å²) in [6.07, 6.45) is 19.7. The zero-order valence-electron chi connectivity index (χ0n) is 70.8. The second kappa shape index (κ2) is 31.2. The Balaban J connectivity index is 0.0000000956. The average molecular weight is 1630 g/mol. The molecule has 0 N–H and O–H groups in total. The lowest BCUT2D eigenvalue weighted by Crippen LogP contribution is -2.30. The summed E-state index contributed by atoms with van der Waals surface area (Å²) in [4.78, 5) is 23.0. The molecule has 0 unspecified atom stereocenters. The molecular weight excluding hydrogens is 1540 g/mol. The fraction of sp³-hybridized carbons (Fsp3) is 0.0909. The fourth-order valence-electron chi connectivity index (χ4n) is 18.4. The average Bonchev–Trinajstić information content (AvgIpc) is 1.62. The number of fused-ring (bicyclic) bond motifs is 25. The van der Waals surface area contributed by atoms with Crippen molar-refractivity contribution in [2.75, 3.05) is 0 Å². The first-order valence-corrected chi connectivity index (χ1v) is 41.9. The lowest BCUT2D eigenvalue weighted by Gasteiger charge is -2.05. The number of rotatable bonds is 5. The smallest absolute Gasteiger partial charge is 0.227 e. The molecule has 10 aromatic carbocycles. The van der Waals surface area contributed by atoms with Crippen LogP contribution in [0.4, 0.5) is 0 Å². The molecule has 0 spiro atoms. The number of para-hydroxylation sites is 1. The van der Waals surface area contributed by atoms with Crippen molar-refractivity contribution in [1.29, 1.82) is 0 Å². The van der Waals surface area contributed by atoms with Crippen LogP contribution in [0.2, 0.25) is 0 Å². The molecule has 0 saturated carbocycles. The van der Waals surface area contributed by atoms with Gasteiger partial charge in [-0.3, -0.25) is 19.9 Å². The van der Waals surface area contributed by atoms with Crippen molar-refractivity contribution < 1.29 is 44.9 Å². The maximum atomic E-state index is 6.34. The van der Waals surface area contributed by atoms with Crippen LogP contribution < -0.4 is 22.8 Å². The summed E-state index contributed by atoms with van der Waals surface area (Å²) in [5.41, 5.74) is 28.5. The molecule has 600 valence electrons. The maximum absolute atomic E-state index is 6.34. The zero-order chi connectivity index (χ0) is 84.8. The number of nitrogens with zero attached hydrogens (tertiary/aromatic N) is 10. The Labute approximate surface area is 718 Å². The topological polar surface area (TPSA) is 150 Å². The summed E-state index contributed by atoms with van der Waals surface area (Å²) in [5.74, 6) is 0. The quantitative estimate of drug-likeness (QED) is 0.152. The van der Waals surface area contributed by atoms with Crippen molar-refractivity contribution in [3.8, 4) is 56.3 Å². The molecule has 25 rings (SSSR count). The van der Waals surface area contributed by atoms with Crippen molar-refractivity contribution in [3.05, 3.63) is 363 Å². The Kier molecular flexibility index (Phi) is 19.1. The molecule has 15 heterocycles. The summed E-state index contributed by atoms with van der Waals surface area (Å²) in [7, 11) is 10.3. The molecule has 0 aliphatic carbocycles. The van der Waals surface area contributed by atoms with E-state index in [9.17, 15) is 0 Å². The highest BCUT2D eigenvalue weighted by Crippen LogP contribution is 2.46. The molecule has 0 saturated heterocycles. The molecule has 0 amide bonds. The van der Waals surface area contributed by atoms with Crippen molar-refractivity contribution in [1.82, 2.24) is 24.9 Å². The van der Waals surface area contributed by atoms with Gasteiger partial charge in [-0.15, -0.1) is 0 Å².